The van der Waals surface area contributed by atoms with Crippen LogP contribution in [0.25, 0.3) is 0 Å². The minimum absolute atomic E-state index is 0.0451. The molecule has 1 atom stereocenters. The number of rotatable bonds is 7. The normalized spacial score (nSPS) is 15.0. The highest BCUT2D eigenvalue weighted by atomic mass is 16.5. The molecule has 0 aromatic carbocycles. The Morgan fingerprint density at radius 2 is 1.39 bits per heavy atom. The summed E-state index contributed by atoms with van der Waals surface area (Å²) in [5.74, 6) is 0. The Labute approximate surface area is 112 Å². The van der Waals surface area contributed by atoms with E-state index in [1.807, 2.05) is 13.8 Å². The number of aliphatic hydroxyl groups is 4. The maximum atomic E-state index is 9.05. The van der Waals surface area contributed by atoms with Crippen molar-refractivity contribution in [2.75, 3.05) is 13.2 Å². The van der Waals surface area contributed by atoms with Crippen LogP contribution in [0.4, 0.5) is 0 Å². The maximum Gasteiger partial charge on any atom is 0.156 e. The number of hydrogen-bond acceptors (Lipinski definition) is 4. The second-order valence-corrected chi connectivity index (χ2v) is 5.97. The highest BCUT2D eigenvalue weighted by Gasteiger charge is 2.28. The Morgan fingerprint density at radius 3 is 1.56 bits per heavy atom. The molecule has 4 N–H and O–H groups in total. The molecule has 0 bridgehead atoms. The van der Waals surface area contributed by atoms with Gasteiger partial charge in [-0.15, -0.1) is 0 Å². The van der Waals surface area contributed by atoms with Gasteiger partial charge in [-0.1, -0.05) is 47.5 Å². The molecule has 0 aromatic rings. The van der Waals surface area contributed by atoms with E-state index in [9.17, 15) is 0 Å². The predicted molar refractivity (Wildman–Crippen MR) is 74.1 cm³/mol. The molecule has 0 aliphatic heterocycles. The highest BCUT2D eigenvalue weighted by Crippen LogP contribution is 2.30. The lowest BCUT2D eigenvalue weighted by Crippen LogP contribution is -2.31. The fourth-order valence-corrected chi connectivity index (χ4v) is 1.12. The van der Waals surface area contributed by atoms with E-state index in [0.717, 1.165) is 25.7 Å². The van der Waals surface area contributed by atoms with Crippen molar-refractivity contribution in [3.63, 3.8) is 0 Å². The molecule has 0 spiro atoms. The molecule has 0 radical (unpaired) electrons. The molecule has 18 heavy (non-hydrogen) atoms. The smallest absolute Gasteiger partial charge is 0.156 e. The molecule has 0 amide bonds. The zero-order chi connectivity index (χ0) is 14.8. The molecule has 112 valence electrons. The van der Waals surface area contributed by atoms with Gasteiger partial charge >= 0.3 is 0 Å². The van der Waals surface area contributed by atoms with Crippen molar-refractivity contribution >= 4 is 0 Å². The van der Waals surface area contributed by atoms with Gasteiger partial charge < -0.3 is 20.4 Å². The van der Waals surface area contributed by atoms with Crippen molar-refractivity contribution in [3.8, 4) is 0 Å². The summed E-state index contributed by atoms with van der Waals surface area (Å²) in [6, 6.07) is 0. The number of hydrogen-bond donors (Lipinski definition) is 4. The SMILES string of the molecule is CC(C)(CO)CO.CCCCC(C)(CC)C(O)O. The summed E-state index contributed by atoms with van der Waals surface area (Å²) in [5, 5.41) is 35.0. The lowest BCUT2D eigenvalue weighted by molar-refractivity contribution is -0.133. The molecule has 1 unspecified atom stereocenters. The molecule has 0 aliphatic rings. The van der Waals surface area contributed by atoms with E-state index in [-0.39, 0.29) is 24.0 Å². The van der Waals surface area contributed by atoms with Crippen molar-refractivity contribution in [3.05, 3.63) is 0 Å². The van der Waals surface area contributed by atoms with Gasteiger partial charge in [-0.25, -0.2) is 0 Å². The topological polar surface area (TPSA) is 80.9 Å². The quantitative estimate of drug-likeness (QED) is 0.529. The van der Waals surface area contributed by atoms with Crippen molar-refractivity contribution in [1.29, 1.82) is 0 Å². The highest BCUT2D eigenvalue weighted by molar-refractivity contribution is 4.74. The van der Waals surface area contributed by atoms with Gasteiger partial charge in [0.25, 0.3) is 0 Å². The third-order valence-electron chi connectivity index (χ3n) is 3.39. The first-order chi connectivity index (χ1) is 8.19. The van der Waals surface area contributed by atoms with Crippen molar-refractivity contribution in [2.45, 2.75) is 66.6 Å². The van der Waals surface area contributed by atoms with Gasteiger partial charge in [0.15, 0.2) is 6.29 Å². The third-order valence-corrected chi connectivity index (χ3v) is 3.39. The molecule has 0 aliphatic carbocycles. The van der Waals surface area contributed by atoms with E-state index in [4.69, 9.17) is 20.4 Å². The Balaban J connectivity index is 0. The van der Waals surface area contributed by atoms with Crippen LogP contribution in [0.2, 0.25) is 0 Å². The predicted octanol–water partition coefficient (Wildman–Crippen LogP) is 1.90. The van der Waals surface area contributed by atoms with E-state index in [1.165, 1.54) is 0 Å². The molecule has 4 heteroatoms. The molecule has 4 nitrogen and oxygen atoms in total. The Morgan fingerprint density at radius 1 is 0.944 bits per heavy atom. The molecule has 0 rings (SSSR count). The fraction of sp³-hybridized carbons (Fsp3) is 1.00. The molecule has 0 saturated heterocycles. The standard InChI is InChI=1S/C9H20O2.C5H12O2/c1-4-6-7-9(3,5-2)8(10)11;1-5(2,3-6)4-7/h8,10-11H,4-7H2,1-3H3;6-7H,3-4H2,1-2H3. The van der Waals surface area contributed by atoms with Crippen LogP contribution < -0.4 is 0 Å². The molecular weight excluding hydrogens is 232 g/mol. The van der Waals surface area contributed by atoms with Gasteiger partial charge in [-0.2, -0.15) is 0 Å². The van der Waals surface area contributed by atoms with E-state index in [1.54, 1.807) is 13.8 Å². The Kier molecular flexibility index (Phi) is 10.9. The van der Waals surface area contributed by atoms with Crippen LogP contribution in [0.15, 0.2) is 0 Å². The van der Waals surface area contributed by atoms with Gasteiger partial charge in [0, 0.05) is 10.8 Å². The second-order valence-electron chi connectivity index (χ2n) is 5.97. The van der Waals surface area contributed by atoms with E-state index in [2.05, 4.69) is 6.92 Å². The van der Waals surface area contributed by atoms with Gasteiger partial charge in [0.1, 0.15) is 0 Å². The monoisotopic (exact) mass is 264 g/mol. The summed E-state index contributed by atoms with van der Waals surface area (Å²) in [5.41, 5.74) is -0.601. The minimum Gasteiger partial charge on any atom is -0.396 e. The van der Waals surface area contributed by atoms with E-state index < -0.39 is 6.29 Å². The first-order valence-corrected chi connectivity index (χ1v) is 6.77. The zero-order valence-electron chi connectivity index (χ0n) is 12.6. The van der Waals surface area contributed by atoms with Gasteiger partial charge in [0.2, 0.25) is 0 Å². The summed E-state index contributed by atoms with van der Waals surface area (Å²) in [6.07, 6.45) is 2.74. The summed E-state index contributed by atoms with van der Waals surface area (Å²) < 4.78 is 0. The summed E-state index contributed by atoms with van der Waals surface area (Å²) >= 11 is 0. The maximum absolute atomic E-state index is 9.05. The summed E-state index contributed by atoms with van der Waals surface area (Å²) in [7, 11) is 0. The van der Waals surface area contributed by atoms with Crippen LogP contribution in [-0.4, -0.2) is 39.9 Å². The largest absolute Gasteiger partial charge is 0.396 e. The number of aliphatic hydroxyl groups excluding tert-OH is 3. The Hall–Kier alpha value is -0.160. The molecular formula is C14H32O4. The zero-order valence-corrected chi connectivity index (χ0v) is 12.6. The summed E-state index contributed by atoms with van der Waals surface area (Å²) in [6.45, 7) is 9.72. The average molecular weight is 264 g/mol. The number of unbranched alkanes of at least 4 members (excludes halogenated alkanes) is 1. The average Bonchev–Trinajstić information content (AvgIpc) is 2.36. The van der Waals surface area contributed by atoms with Crippen molar-refractivity contribution in [1.82, 2.24) is 0 Å². The Bertz CT molecular complexity index is 186. The minimum atomic E-state index is -1.17. The molecule has 0 aromatic heterocycles. The van der Waals surface area contributed by atoms with Crippen LogP contribution in [0.3, 0.4) is 0 Å². The van der Waals surface area contributed by atoms with Crippen molar-refractivity contribution < 1.29 is 20.4 Å². The van der Waals surface area contributed by atoms with Gasteiger partial charge in [-0.05, 0) is 12.8 Å². The third kappa shape index (κ3) is 8.86. The summed E-state index contributed by atoms with van der Waals surface area (Å²) in [4.78, 5) is 0. The van der Waals surface area contributed by atoms with Crippen LogP contribution in [0.5, 0.6) is 0 Å². The van der Waals surface area contributed by atoms with Gasteiger partial charge in [0.05, 0.1) is 13.2 Å². The molecule has 0 fully saturated rings. The van der Waals surface area contributed by atoms with Gasteiger partial charge in [-0.3, -0.25) is 0 Å². The molecule has 0 heterocycles. The molecule has 0 saturated carbocycles. The fourth-order valence-electron chi connectivity index (χ4n) is 1.12. The van der Waals surface area contributed by atoms with E-state index >= 15 is 0 Å². The van der Waals surface area contributed by atoms with Crippen LogP contribution >= 0.6 is 0 Å². The van der Waals surface area contributed by atoms with E-state index in [0.29, 0.717) is 0 Å². The lowest BCUT2D eigenvalue weighted by atomic mass is 9.82. The lowest BCUT2D eigenvalue weighted by Gasteiger charge is -2.29. The van der Waals surface area contributed by atoms with Crippen LogP contribution in [-0.2, 0) is 0 Å². The first kappa shape index (κ1) is 20.2. The first-order valence-electron chi connectivity index (χ1n) is 6.77. The van der Waals surface area contributed by atoms with Crippen LogP contribution in [0, 0.1) is 10.8 Å². The van der Waals surface area contributed by atoms with Crippen molar-refractivity contribution in [2.24, 2.45) is 10.8 Å². The second kappa shape index (κ2) is 9.73. The van der Waals surface area contributed by atoms with Crippen LogP contribution in [0.1, 0.15) is 60.3 Å².